The van der Waals surface area contributed by atoms with Gasteiger partial charge in [-0.3, -0.25) is 9.89 Å². The van der Waals surface area contributed by atoms with Crippen LogP contribution in [0.2, 0.25) is 0 Å². The summed E-state index contributed by atoms with van der Waals surface area (Å²) in [5.74, 6) is 1.79. The molecule has 0 radical (unpaired) electrons. The Morgan fingerprint density at radius 2 is 2.13 bits per heavy atom. The lowest BCUT2D eigenvalue weighted by atomic mass is 10.2. The summed E-state index contributed by atoms with van der Waals surface area (Å²) >= 11 is 1.32. The fraction of sp³-hybridized carbons (Fsp3) is 0.438. The SMILES string of the molecule is CCC[C@H](C)NC(=O)CSc1n[nH]c(-c2ccc(OC)cc2)n1. The van der Waals surface area contributed by atoms with Crippen LogP contribution in [0, 0.1) is 0 Å². The lowest BCUT2D eigenvalue weighted by Crippen LogP contribution is -2.33. The number of rotatable bonds is 8. The second kappa shape index (κ2) is 8.57. The summed E-state index contributed by atoms with van der Waals surface area (Å²) in [5.41, 5.74) is 0.922. The minimum atomic E-state index is 0.00625. The van der Waals surface area contributed by atoms with Crippen molar-refractivity contribution in [2.45, 2.75) is 37.9 Å². The van der Waals surface area contributed by atoms with Crippen molar-refractivity contribution in [2.75, 3.05) is 12.9 Å². The second-order valence-corrected chi connectivity index (χ2v) is 6.18. The molecule has 1 amide bonds. The summed E-state index contributed by atoms with van der Waals surface area (Å²) in [6.45, 7) is 4.12. The highest BCUT2D eigenvalue weighted by molar-refractivity contribution is 7.99. The Kier molecular flexibility index (Phi) is 6.46. The monoisotopic (exact) mass is 334 g/mol. The van der Waals surface area contributed by atoms with Gasteiger partial charge in [-0.05, 0) is 37.6 Å². The molecule has 7 heteroatoms. The number of ether oxygens (including phenoxy) is 1. The summed E-state index contributed by atoms with van der Waals surface area (Å²) in [5, 5.41) is 10.6. The van der Waals surface area contributed by atoms with Crippen LogP contribution in [0.15, 0.2) is 29.4 Å². The molecule has 6 nitrogen and oxygen atoms in total. The third kappa shape index (κ3) is 5.28. The first-order valence-corrected chi connectivity index (χ1v) is 8.60. The fourth-order valence-electron chi connectivity index (χ4n) is 2.14. The molecule has 1 heterocycles. The normalized spacial score (nSPS) is 12.0. The van der Waals surface area contributed by atoms with Gasteiger partial charge in [0.15, 0.2) is 5.82 Å². The van der Waals surface area contributed by atoms with E-state index in [-0.39, 0.29) is 11.9 Å². The van der Waals surface area contributed by atoms with Gasteiger partial charge in [-0.15, -0.1) is 5.10 Å². The third-order valence-electron chi connectivity index (χ3n) is 3.29. The molecular weight excluding hydrogens is 312 g/mol. The number of methoxy groups -OCH3 is 1. The largest absolute Gasteiger partial charge is 0.497 e. The van der Waals surface area contributed by atoms with Crippen LogP contribution < -0.4 is 10.1 Å². The molecule has 0 saturated carbocycles. The van der Waals surface area contributed by atoms with E-state index in [1.54, 1.807) is 7.11 Å². The van der Waals surface area contributed by atoms with Gasteiger partial charge >= 0.3 is 0 Å². The Morgan fingerprint density at radius 3 is 2.78 bits per heavy atom. The van der Waals surface area contributed by atoms with Crippen molar-refractivity contribution in [1.82, 2.24) is 20.5 Å². The zero-order valence-corrected chi connectivity index (χ0v) is 14.4. The zero-order valence-electron chi connectivity index (χ0n) is 13.6. The lowest BCUT2D eigenvalue weighted by Gasteiger charge is -2.11. The fourth-order valence-corrected chi connectivity index (χ4v) is 2.75. The van der Waals surface area contributed by atoms with Gasteiger partial charge in [0.25, 0.3) is 0 Å². The Balaban J connectivity index is 1.88. The molecule has 1 aromatic carbocycles. The summed E-state index contributed by atoms with van der Waals surface area (Å²) in [6, 6.07) is 7.76. The van der Waals surface area contributed by atoms with E-state index in [1.165, 1.54) is 11.8 Å². The van der Waals surface area contributed by atoms with Crippen molar-refractivity contribution in [3.8, 4) is 17.1 Å². The maximum Gasteiger partial charge on any atom is 0.230 e. The summed E-state index contributed by atoms with van der Waals surface area (Å²) in [4.78, 5) is 16.2. The number of aromatic nitrogens is 3. The van der Waals surface area contributed by atoms with Gasteiger partial charge in [-0.1, -0.05) is 25.1 Å². The van der Waals surface area contributed by atoms with E-state index in [4.69, 9.17) is 4.74 Å². The van der Waals surface area contributed by atoms with Crippen LogP contribution in [-0.4, -0.2) is 40.0 Å². The van der Waals surface area contributed by atoms with E-state index in [9.17, 15) is 4.79 Å². The Bertz CT molecular complexity index is 627. The first-order valence-electron chi connectivity index (χ1n) is 7.61. The van der Waals surface area contributed by atoms with Gasteiger partial charge in [0.05, 0.1) is 12.9 Å². The van der Waals surface area contributed by atoms with E-state index in [1.807, 2.05) is 31.2 Å². The van der Waals surface area contributed by atoms with E-state index >= 15 is 0 Å². The molecule has 0 bridgehead atoms. The topological polar surface area (TPSA) is 79.9 Å². The van der Waals surface area contributed by atoms with Gasteiger partial charge < -0.3 is 10.1 Å². The Labute approximate surface area is 140 Å². The molecule has 1 aromatic heterocycles. The third-order valence-corrected chi connectivity index (χ3v) is 4.14. The molecule has 2 rings (SSSR count). The van der Waals surface area contributed by atoms with E-state index in [0.717, 1.165) is 24.2 Å². The number of H-pyrrole nitrogens is 1. The van der Waals surface area contributed by atoms with Crippen LogP contribution in [-0.2, 0) is 4.79 Å². The van der Waals surface area contributed by atoms with Gasteiger partial charge in [0.2, 0.25) is 11.1 Å². The Hall–Kier alpha value is -2.02. The number of nitrogens with one attached hydrogen (secondary N) is 2. The number of carbonyl (C=O) groups excluding carboxylic acids is 1. The molecular formula is C16H22N4O2S. The average Bonchev–Trinajstić information content (AvgIpc) is 3.02. The average molecular weight is 334 g/mol. The molecule has 0 unspecified atom stereocenters. The molecule has 0 aliphatic carbocycles. The van der Waals surface area contributed by atoms with Gasteiger partial charge in [-0.2, -0.15) is 0 Å². The first-order chi connectivity index (χ1) is 11.1. The van der Waals surface area contributed by atoms with Gasteiger partial charge in [0, 0.05) is 11.6 Å². The van der Waals surface area contributed by atoms with Crippen molar-refractivity contribution >= 4 is 17.7 Å². The molecule has 1 atom stereocenters. The van der Waals surface area contributed by atoms with Crippen molar-refractivity contribution in [3.63, 3.8) is 0 Å². The number of benzene rings is 1. The van der Waals surface area contributed by atoms with E-state index in [0.29, 0.717) is 16.7 Å². The number of carbonyl (C=O) groups is 1. The predicted molar refractivity (Wildman–Crippen MR) is 91.6 cm³/mol. The molecule has 2 N–H and O–H groups in total. The summed E-state index contributed by atoms with van der Waals surface area (Å²) in [7, 11) is 1.63. The standard InChI is InChI=1S/C16H22N4O2S/c1-4-5-11(2)17-14(21)10-23-16-18-15(19-20-16)12-6-8-13(22-3)9-7-12/h6-9,11H,4-5,10H2,1-3H3,(H,17,21)(H,18,19,20)/t11-/m0/s1. The number of aromatic amines is 1. The smallest absolute Gasteiger partial charge is 0.230 e. The number of nitrogens with zero attached hydrogens (tertiary/aromatic N) is 2. The molecule has 124 valence electrons. The molecule has 0 aliphatic rings. The van der Waals surface area contributed by atoms with Crippen molar-refractivity contribution in [2.24, 2.45) is 0 Å². The molecule has 0 spiro atoms. The highest BCUT2D eigenvalue weighted by Crippen LogP contribution is 2.21. The van der Waals surface area contributed by atoms with Crippen molar-refractivity contribution in [1.29, 1.82) is 0 Å². The van der Waals surface area contributed by atoms with E-state index < -0.39 is 0 Å². The first kappa shape index (κ1) is 17.3. The maximum atomic E-state index is 11.8. The van der Waals surface area contributed by atoms with Crippen molar-refractivity contribution in [3.05, 3.63) is 24.3 Å². The minimum absolute atomic E-state index is 0.00625. The second-order valence-electron chi connectivity index (χ2n) is 5.24. The number of hydrogen-bond donors (Lipinski definition) is 2. The van der Waals surface area contributed by atoms with Crippen LogP contribution in [0.5, 0.6) is 5.75 Å². The number of amides is 1. The van der Waals surface area contributed by atoms with E-state index in [2.05, 4.69) is 27.4 Å². The predicted octanol–water partition coefficient (Wildman–Crippen LogP) is 2.88. The molecule has 0 saturated heterocycles. The summed E-state index contributed by atoms with van der Waals surface area (Å²) in [6.07, 6.45) is 2.04. The van der Waals surface area contributed by atoms with Crippen LogP contribution in [0.4, 0.5) is 0 Å². The van der Waals surface area contributed by atoms with Gasteiger partial charge in [-0.25, -0.2) is 4.98 Å². The highest BCUT2D eigenvalue weighted by atomic mass is 32.2. The van der Waals surface area contributed by atoms with Crippen LogP contribution >= 0.6 is 11.8 Å². The van der Waals surface area contributed by atoms with Crippen LogP contribution in [0.3, 0.4) is 0 Å². The Morgan fingerprint density at radius 1 is 1.39 bits per heavy atom. The molecule has 2 aromatic rings. The highest BCUT2D eigenvalue weighted by Gasteiger charge is 2.10. The molecule has 23 heavy (non-hydrogen) atoms. The van der Waals surface area contributed by atoms with Crippen molar-refractivity contribution < 1.29 is 9.53 Å². The molecule has 0 fully saturated rings. The minimum Gasteiger partial charge on any atom is -0.497 e. The quantitative estimate of drug-likeness (QED) is 0.726. The zero-order chi connectivity index (χ0) is 16.7. The van der Waals surface area contributed by atoms with Gasteiger partial charge in [0.1, 0.15) is 5.75 Å². The molecule has 0 aliphatic heterocycles. The summed E-state index contributed by atoms with van der Waals surface area (Å²) < 4.78 is 5.13. The lowest BCUT2D eigenvalue weighted by molar-refractivity contribution is -0.119. The number of hydrogen-bond acceptors (Lipinski definition) is 5. The maximum absolute atomic E-state index is 11.8. The van der Waals surface area contributed by atoms with Crippen LogP contribution in [0.1, 0.15) is 26.7 Å². The number of thioether (sulfide) groups is 1. The van der Waals surface area contributed by atoms with Crippen LogP contribution in [0.25, 0.3) is 11.4 Å².